The highest BCUT2D eigenvalue weighted by molar-refractivity contribution is 5.64. The molecule has 2 aromatic rings. The summed E-state index contributed by atoms with van der Waals surface area (Å²) in [5.41, 5.74) is 9.18. The Morgan fingerprint density at radius 3 is 2.53 bits per heavy atom. The van der Waals surface area contributed by atoms with Crippen LogP contribution in [-0.4, -0.2) is 11.1 Å². The molecule has 0 amide bonds. The highest BCUT2D eigenvalue weighted by atomic mass is 16.5. The second kappa shape index (κ2) is 5.85. The largest absolute Gasteiger partial charge is 0.489 e. The Balaban J connectivity index is 2.33. The maximum atomic E-state index is 5.92. The van der Waals surface area contributed by atoms with Gasteiger partial charge in [-0.2, -0.15) is 0 Å². The van der Waals surface area contributed by atoms with Crippen molar-refractivity contribution in [3.63, 3.8) is 0 Å². The molecule has 0 fully saturated rings. The third-order valence-electron chi connectivity index (χ3n) is 2.83. The van der Waals surface area contributed by atoms with Crippen molar-refractivity contribution in [1.29, 1.82) is 0 Å². The maximum Gasteiger partial charge on any atom is 0.138 e. The van der Waals surface area contributed by atoms with Crippen molar-refractivity contribution < 1.29 is 4.74 Å². The summed E-state index contributed by atoms with van der Waals surface area (Å²) in [7, 11) is 0. The van der Waals surface area contributed by atoms with Crippen molar-refractivity contribution in [2.45, 2.75) is 32.9 Å². The van der Waals surface area contributed by atoms with Crippen LogP contribution in [0.1, 0.15) is 32.4 Å². The minimum Gasteiger partial charge on any atom is -0.489 e. The molecule has 0 spiro atoms. The molecule has 0 saturated carbocycles. The fourth-order valence-corrected chi connectivity index (χ4v) is 1.91. The lowest BCUT2D eigenvalue weighted by Gasteiger charge is -2.11. The summed E-state index contributed by atoms with van der Waals surface area (Å²) in [6.45, 7) is 5.99. The summed E-state index contributed by atoms with van der Waals surface area (Å²) >= 11 is 0. The molecule has 0 aliphatic rings. The van der Waals surface area contributed by atoms with Gasteiger partial charge < -0.3 is 10.5 Å². The number of ether oxygens (including phenoxy) is 1. The van der Waals surface area contributed by atoms with Crippen molar-refractivity contribution in [3.8, 4) is 16.9 Å². The molecule has 3 heteroatoms. The van der Waals surface area contributed by atoms with Crippen LogP contribution in [0.3, 0.4) is 0 Å². The predicted molar refractivity (Wildman–Crippen MR) is 78.0 cm³/mol. The Hall–Kier alpha value is -1.87. The second-order valence-corrected chi connectivity index (χ2v) is 4.99. The molecule has 0 saturated heterocycles. The third kappa shape index (κ3) is 3.55. The molecule has 0 radical (unpaired) electrons. The van der Waals surface area contributed by atoms with Crippen LogP contribution in [-0.2, 0) is 0 Å². The summed E-state index contributed by atoms with van der Waals surface area (Å²) in [6.07, 6.45) is 3.72. The maximum absolute atomic E-state index is 5.92. The summed E-state index contributed by atoms with van der Waals surface area (Å²) in [5.74, 6) is 0.790. The van der Waals surface area contributed by atoms with E-state index in [0.29, 0.717) is 0 Å². The Kier molecular flexibility index (Phi) is 4.17. The van der Waals surface area contributed by atoms with Crippen LogP contribution in [0.5, 0.6) is 5.75 Å². The van der Waals surface area contributed by atoms with Crippen LogP contribution in [0.4, 0.5) is 0 Å². The lowest BCUT2D eigenvalue weighted by Crippen LogP contribution is -2.06. The molecule has 1 unspecified atom stereocenters. The van der Waals surface area contributed by atoms with Crippen LogP contribution in [0.25, 0.3) is 11.1 Å². The summed E-state index contributed by atoms with van der Waals surface area (Å²) in [4.78, 5) is 4.23. The topological polar surface area (TPSA) is 48.1 Å². The summed E-state index contributed by atoms with van der Waals surface area (Å²) < 4.78 is 5.67. The van der Waals surface area contributed by atoms with Gasteiger partial charge >= 0.3 is 0 Å². The van der Waals surface area contributed by atoms with Crippen molar-refractivity contribution in [2.24, 2.45) is 5.73 Å². The standard InChI is InChI=1S/C16H20N2O/c1-11(2)19-16-8-15(9-18-10-16)14-6-4-5-13(7-14)12(3)17/h4-12H,17H2,1-3H3. The Bertz CT molecular complexity index is 550. The van der Waals surface area contributed by atoms with E-state index >= 15 is 0 Å². The fourth-order valence-electron chi connectivity index (χ4n) is 1.91. The Morgan fingerprint density at radius 2 is 1.84 bits per heavy atom. The van der Waals surface area contributed by atoms with Gasteiger partial charge in [0.15, 0.2) is 0 Å². The average molecular weight is 256 g/mol. The zero-order valence-electron chi connectivity index (χ0n) is 11.6. The van der Waals surface area contributed by atoms with Crippen LogP contribution in [0.2, 0.25) is 0 Å². The highest BCUT2D eigenvalue weighted by Gasteiger charge is 2.05. The van der Waals surface area contributed by atoms with Crippen molar-refractivity contribution in [3.05, 3.63) is 48.3 Å². The molecule has 2 rings (SSSR count). The van der Waals surface area contributed by atoms with Crippen LogP contribution in [0, 0.1) is 0 Å². The minimum atomic E-state index is 0.0306. The molecule has 0 aliphatic carbocycles. The Morgan fingerprint density at radius 1 is 1.05 bits per heavy atom. The van der Waals surface area contributed by atoms with E-state index in [0.717, 1.165) is 22.4 Å². The average Bonchev–Trinajstić information content (AvgIpc) is 2.38. The van der Waals surface area contributed by atoms with E-state index < -0.39 is 0 Å². The number of rotatable bonds is 4. The molecule has 1 aromatic heterocycles. The SMILES string of the molecule is CC(C)Oc1cncc(-c2cccc(C(C)N)c2)c1. The van der Waals surface area contributed by atoms with Gasteiger partial charge in [-0.1, -0.05) is 18.2 Å². The second-order valence-electron chi connectivity index (χ2n) is 4.99. The smallest absolute Gasteiger partial charge is 0.138 e. The molecule has 19 heavy (non-hydrogen) atoms. The monoisotopic (exact) mass is 256 g/mol. The zero-order chi connectivity index (χ0) is 13.8. The molecular weight excluding hydrogens is 236 g/mol. The first-order chi connectivity index (χ1) is 9.06. The summed E-state index contributed by atoms with van der Waals surface area (Å²) in [6, 6.07) is 10.2. The first-order valence-corrected chi connectivity index (χ1v) is 6.54. The predicted octanol–water partition coefficient (Wildman–Crippen LogP) is 3.56. The highest BCUT2D eigenvalue weighted by Crippen LogP contribution is 2.25. The van der Waals surface area contributed by atoms with Crippen LogP contribution >= 0.6 is 0 Å². The van der Waals surface area contributed by atoms with Gasteiger partial charge in [-0.25, -0.2) is 0 Å². The van der Waals surface area contributed by atoms with Crippen molar-refractivity contribution in [1.82, 2.24) is 4.98 Å². The van der Waals surface area contributed by atoms with E-state index in [-0.39, 0.29) is 12.1 Å². The van der Waals surface area contributed by atoms with E-state index in [4.69, 9.17) is 10.5 Å². The summed E-state index contributed by atoms with van der Waals surface area (Å²) in [5, 5.41) is 0. The molecule has 1 aromatic carbocycles. The number of hydrogen-bond acceptors (Lipinski definition) is 3. The van der Waals surface area contributed by atoms with E-state index in [9.17, 15) is 0 Å². The number of nitrogens with two attached hydrogens (primary N) is 1. The van der Waals surface area contributed by atoms with Gasteiger partial charge in [0.2, 0.25) is 0 Å². The normalized spacial score (nSPS) is 12.5. The lowest BCUT2D eigenvalue weighted by atomic mass is 10.0. The molecule has 1 heterocycles. The number of hydrogen-bond donors (Lipinski definition) is 1. The van der Waals surface area contributed by atoms with Crippen molar-refractivity contribution in [2.75, 3.05) is 0 Å². The van der Waals surface area contributed by atoms with Gasteiger partial charge in [0, 0.05) is 17.8 Å². The molecule has 100 valence electrons. The molecule has 0 aliphatic heterocycles. The number of nitrogens with zero attached hydrogens (tertiary/aromatic N) is 1. The molecular formula is C16H20N2O. The number of benzene rings is 1. The minimum absolute atomic E-state index is 0.0306. The van der Waals surface area contributed by atoms with Gasteiger partial charge in [-0.3, -0.25) is 4.98 Å². The van der Waals surface area contributed by atoms with Crippen LogP contribution < -0.4 is 10.5 Å². The van der Waals surface area contributed by atoms with Gasteiger partial charge in [-0.15, -0.1) is 0 Å². The number of pyridine rings is 1. The zero-order valence-corrected chi connectivity index (χ0v) is 11.6. The van der Waals surface area contributed by atoms with Gasteiger partial charge in [-0.05, 0) is 44.0 Å². The third-order valence-corrected chi connectivity index (χ3v) is 2.83. The van der Waals surface area contributed by atoms with Gasteiger partial charge in [0.05, 0.1) is 12.3 Å². The first kappa shape index (κ1) is 13.6. The number of aromatic nitrogens is 1. The molecule has 2 N–H and O–H groups in total. The van der Waals surface area contributed by atoms with Crippen LogP contribution in [0.15, 0.2) is 42.7 Å². The Labute approximate surface area is 114 Å². The first-order valence-electron chi connectivity index (χ1n) is 6.54. The van der Waals surface area contributed by atoms with Gasteiger partial charge in [0.25, 0.3) is 0 Å². The fraction of sp³-hybridized carbons (Fsp3) is 0.312. The van der Waals surface area contributed by atoms with E-state index in [1.807, 2.05) is 45.2 Å². The van der Waals surface area contributed by atoms with Crippen molar-refractivity contribution >= 4 is 0 Å². The molecule has 0 bridgehead atoms. The molecule has 3 nitrogen and oxygen atoms in total. The van der Waals surface area contributed by atoms with E-state index in [1.54, 1.807) is 6.20 Å². The quantitative estimate of drug-likeness (QED) is 0.910. The molecule has 1 atom stereocenters. The lowest BCUT2D eigenvalue weighted by molar-refractivity contribution is 0.241. The van der Waals surface area contributed by atoms with E-state index in [1.165, 1.54) is 0 Å². The van der Waals surface area contributed by atoms with E-state index in [2.05, 4.69) is 17.1 Å². The van der Waals surface area contributed by atoms with Gasteiger partial charge in [0.1, 0.15) is 5.75 Å².